The van der Waals surface area contributed by atoms with E-state index >= 15 is 0 Å². The summed E-state index contributed by atoms with van der Waals surface area (Å²) in [6, 6.07) is 3.48. The van der Waals surface area contributed by atoms with E-state index in [-0.39, 0.29) is 17.0 Å². The van der Waals surface area contributed by atoms with Crippen LogP contribution >= 0.6 is 0 Å². The van der Waals surface area contributed by atoms with Crippen LogP contribution in [0.2, 0.25) is 0 Å². The molecule has 0 amide bonds. The minimum absolute atomic E-state index is 0. The molecule has 12 heavy (non-hydrogen) atoms. The van der Waals surface area contributed by atoms with E-state index in [2.05, 4.69) is 0 Å². The molecule has 0 N–H and O–H groups in total. The van der Waals surface area contributed by atoms with Crippen LogP contribution in [0.15, 0.2) is 16.5 Å². The molecule has 68 valence electrons. The highest BCUT2D eigenvalue weighted by atomic mass is 79.9. The van der Waals surface area contributed by atoms with Crippen molar-refractivity contribution in [1.29, 1.82) is 0 Å². The summed E-state index contributed by atoms with van der Waals surface area (Å²) in [6.45, 7) is 0. The Bertz CT molecular complexity index is 262. The first-order valence-electron chi connectivity index (χ1n) is 3.41. The first-order chi connectivity index (χ1) is 5.04. The number of rotatable bonds is 2. The van der Waals surface area contributed by atoms with Crippen molar-refractivity contribution in [3.63, 3.8) is 0 Å². The predicted molar refractivity (Wildman–Crippen MR) is 43.7 cm³/mol. The van der Waals surface area contributed by atoms with E-state index in [0.717, 1.165) is 5.88 Å². The van der Waals surface area contributed by atoms with Crippen LogP contribution < -0.4 is 21.5 Å². The van der Waals surface area contributed by atoms with Gasteiger partial charge in [0, 0.05) is 6.07 Å². The zero-order valence-electron chi connectivity index (χ0n) is 7.37. The van der Waals surface area contributed by atoms with Crippen molar-refractivity contribution in [1.82, 2.24) is 4.48 Å². The zero-order valence-corrected chi connectivity index (χ0v) is 8.96. The number of carbonyl (C=O) groups is 1. The molecular weight excluding hydrogens is 222 g/mol. The highest BCUT2D eigenvalue weighted by Crippen LogP contribution is 2.18. The van der Waals surface area contributed by atoms with Gasteiger partial charge >= 0.3 is 0 Å². The number of hydrogen-bond donors (Lipinski definition) is 0. The first-order valence-corrected chi connectivity index (χ1v) is 3.41. The Morgan fingerprint density at radius 2 is 1.92 bits per heavy atom. The van der Waals surface area contributed by atoms with E-state index in [0.29, 0.717) is 16.5 Å². The molecule has 0 aromatic carbocycles. The number of quaternary nitrogens is 1. The Morgan fingerprint density at radius 1 is 1.33 bits per heavy atom. The average molecular weight is 234 g/mol. The largest absolute Gasteiger partial charge is 1.00 e. The van der Waals surface area contributed by atoms with Crippen LogP contribution in [-0.4, -0.2) is 27.4 Å². The Kier molecular flexibility index (Phi) is 3.67. The monoisotopic (exact) mass is 233 g/mol. The maximum absolute atomic E-state index is 10.2. The minimum atomic E-state index is 0. The second-order valence-electron chi connectivity index (χ2n) is 3.31. The molecule has 0 fully saturated rings. The molecule has 1 aromatic rings. The van der Waals surface area contributed by atoms with Crippen LogP contribution in [0.4, 0.5) is 5.88 Å². The normalized spacial score (nSPS) is 10.6. The molecule has 0 aliphatic carbocycles. The van der Waals surface area contributed by atoms with Gasteiger partial charge in [-0.05, 0) is 6.07 Å². The van der Waals surface area contributed by atoms with Gasteiger partial charge in [0.2, 0.25) is 0 Å². The van der Waals surface area contributed by atoms with Gasteiger partial charge in [-0.25, -0.2) is 0 Å². The molecule has 3 nitrogen and oxygen atoms in total. The molecule has 0 bridgehead atoms. The number of hydrogen-bond acceptors (Lipinski definition) is 2. The van der Waals surface area contributed by atoms with Crippen molar-refractivity contribution >= 4 is 12.2 Å². The molecule has 0 unspecified atom stereocenters. The molecular formula is C8H12BrNO2. The zero-order chi connectivity index (χ0) is 8.48. The topological polar surface area (TPSA) is 30.2 Å². The lowest BCUT2D eigenvalue weighted by molar-refractivity contribution is -0.00000909. The van der Waals surface area contributed by atoms with Crippen LogP contribution in [0.25, 0.3) is 0 Å². The highest BCUT2D eigenvalue weighted by Gasteiger charge is 2.16. The fraction of sp³-hybridized carbons (Fsp3) is 0.375. The molecule has 0 spiro atoms. The lowest BCUT2D eigenvalue weighted by Crippen LogP contribution is -3.00. The molecule has 1 heterocycles. The summed E-state index contributed by atoms with van der Waals surface area (Å²) in [6.07, 6.45) is 0.707. The van der Waals surface area contributed by atoms with Crippen molar-refractivity contribution in [2.75, 3.05) is 21.1 Å². The van der Waals surface area contributed by atoms with Gasteiger partial charge in [0.05, 0.1) is 21.1 Å². The molecule has 0 radical (unpaired) electrons. The molecule has 0 atom stereocenters. The van der Waals surface area contributed by atoms with Crippen molar-refractivity contribution < 1.29 is 26.2 Å². The number of furan rings is 1. The van der Waals surface area contributed by atoms with Crippen molar-refractivity contribution in [2.24, 2.45) is 0 Å². The van der Waals surface area contributed by atoms with E-state index in [4.69, 9.17) is 4.42 Å². The fourth-order valence-electron chi connectivity index (χ4n) is 0.766. The summed E-state index contributed by atoms with van der Waals surface area (Å²) in [7, 11) is 5.94. The van der Waals surface area contributed by atoms with E-state index in [1.54, 1.807) is 6.07 Å². The maximum Gasteiger partial charge on any atom is 0.296 e. The van der Waals surface area contributed by atoms with Gasteiger partial charge in [0.25, 0.3) is 5.88 Å². The smallest absolute Gasteiger partial charge is 0.296 e. The third-order valence-corrected chi connectivity index (χ3v) is 1.39. The van der Waals surface area contributed by atoms with E-state index in [1.807, 2.05) is 27.2 Å². The Labute approximate surface area is 82.3 Å². The van der Waals surface area contributed by atoms with Crippen LogP contribution in [0.1, 0.15) is 10.6 Å². The average Bonchev–Trinajstić information content (AvgIpc) is 2.32. The van der Waals surface area contributed by atoms with Gasteiger partial charge in [0.1, 0.15) is 0 Å². The van der Waals surface area contributed by atoms with E-state index in [1.165, 1.54) is 0 Å². The third kappa shape index (κ3) is 2.46. The number of aldehydes is 1. The summed E-state index contributed by atoms with van der Waals surface area (Å²) >= 11 is 0. The molecule has 1 aromatic heterocycles. The summed E-state index contributed by atoms with van der Waals surface area (Å²) in [5, 5.41) is 0. The number of nitrogens with zero attached hydrogens (tertiary/aromatic N) is 1. The van der Waals surface area contributed by atoms with Crippen LogP contribution in [-0.2, 0) is 0 Å². The van der Waals surface area contributed by atoms with Crippen LogP contribution in [0, 0.1) is 0 Å². The maximum atomic E-state index is 10.2. The Hall–Kier alpha value is -0.610. The van der Waals surface area contributed by atoms with E-state index < -0.39 is 0 Å². The van der Waals surface area contributed by atoms with Gasteiger partial charge in [-0.15, -0.1) is 0 Å². The molecule has 1 rings (SSSR count). The van der Waals surface area contributed by atoms with Gasteiger partial charge in [-0.2, -0.15) is 0 Å². The molecule has 0 saturated heterocycles. The summed E-state index contributed by atoms with van der Waals surface area (Å²) in [5.74, 6) is 1.17. The first kappa shape index (κ1) is 11.4. The van der Waals surface area contributed by atoms with Gasteiger partial charge in [-0.3, -0.25) is 9.28 Å². The quantitative estimate of drug-likeness (QED) is 0.450. The second-order valence-corrected chi connectivity index (χ2v) is 3.31. The Morgan fingerprint density at radius 3 is 2.17 bits per heavy atom. The highest BCUT2D eigenvalue weighted by molar-refractivity contribution is 5.71. The third-order valence-electron chi connectivity index (χ3n) is 1.39. The summed E-state index contributed by atoms with van der Waals surface area (Å²) in [5.41, 5.74) is 0. The van der Waals surface area contributed by atoms with E-state index in [9.17, 15) is 4.79 Å². The molecule has 0 aliphatic heterocycles. The van der Waals surface area contributed by atoms with Gasteiger partial charge in [0.15, 0.2) is 12.0 Å². The minimum Gasteiger partial charge on any atom is -1.00 e. The lowest BCUT2D eigenvalue weighted by Gasteiger charge is -2.18. The standard InChI is InChI=1S/C8H12NO2.BrH/c1-9(2,3)8-5-4-7(6-10)11-8;/h4-6H,1-3H3;1H/q+1;/p-1. The molecule has 0 aliphatic rings. The van der Waals surface area contributed by atoms with Crippen LogP contribution in [0.5, 0.6) is 0 Å². The SMILES string of the molecule is C[N+](C)(C)c1ccc(C=O)o1.[Br-]. The summed E-state index contributed by atoms with van der Waals surface area (Å²) in [4.78, 5) is 10.2. The van der Waals surface area contributed by atoms with Gasteiger partial charge < -0.3 is 21.4 Å². The second kappa shape index (κ2) is 3.87. The van der Waals surface area contributed by atoms with Crippen molar-refractivity contribution in [2.45, 2.75) is 0 Å². The summed E-state index contributed by atoms with van der Waals surface area (Å²) < 4.78 is 5.79. The predicted octanol–water partition coefficient (Wildman–Crippen LogP) is -1.71. The lowest BCUT2D eigenvalue weighted by atomic mass is 10.5. The molecule has 0 saturated carbocycles. The number of halogens is 1. The molecule has 4 heteroatoms. The fourth-order valence-corrected chi connectivity index (χ4v) is 0.766. The van der Waals surface area contributed by atoms with Crippen LogP contribution in [0.3, 0.4) is 0 Å². The van der Waals surface area contributed by atoms with Crippen molar-refractivity contribution in [3.05, 3.63) is 17.9 Å². The van der Waals surface area contributed by atoms with Crippen molar-refractivity contribution in [3.8, 4) is 0 Å². The number of carbonyl (C=O) groups excluding carboxylic acids is 1. The Balaban J connectivity index is 0.00000121. The van der Waals surface area contributed by atoms with Gasteiger partial charge in [-0.1, -0.05) is 0 Å².